The van der Waals surface area contributed by atoms with Gasteiger partial charge in [-0.3, -0.25) is 19.2 Å². The number of carbonyl (C=O) groups excluding carboxylic acids is 4. The second kappa shape index (κ2) is 8.95. The summed E-state index contributed by atoms with van der Waals surface area (Å²) in [5.74, 6) is -2.66. The summed E-state index contributed by atoms with van der Waals surface area (Å²) in [4.78, 5) is 45.6. The van der Waals surface area contributed by atoms with Crippen LogP contribution in [0.5, 0.6) is 0 Å². The number of carbonyl (C=O) groups is 4. The van der Waals surface area contributed by atoms with E-state index in [1.165, 1.54) is 6.92 Å². The first kappa shape index (κ1) is 21.8. The normalized spacial score (nSPS) is 31.6. The van der Waals surface area contributed by atoms with Crippen LogP contribution in [-0.2, 0) is 42.9 Å². The van der Waals surface area contributed by atoms with Crippen molar-refractivity contribution in [3.63, 3.8) is 0 Å². The number of rotatable bonds is 5. The summed E-state index contributed by atoms with van der Waals surface area (Å²) in [6.45, 7) is 4.38. The van der Waals surface area contributed by atoms with E-state index in [1.807, 2.05) is 0 Å². The van der Waals surface area contributed by atoms with Crippen molar-refractivity contribution in [2.24, 2.45) is 0 Å². The maximum Gasteiger partial charge on any atom is 0.304 e. The van der Waals surface area contributed by atoms with Gasteiger partial charge in [0.25, 0.3) is 0 Å². The Morgan fingerprint density at radius 1 is 0.960 bits per heavy atom. The Morgan fingerprint density at radius 2 is 1.52 bits per heavy atom. The molecule has 0 saturated carbocycles. The van der Waals surface area contributed by atoms with Gasteiger partial charge in [-0.15, -0.1) is 0 Å². The fraction of sp³-hybridized carbons (Fsp3) is 0.714. The Balaban J connectivity index is 3.26. The van der Waals surface area contributed by atoms with Crippen LogP contribution in [0, 0.1) is 0 Å². The molecule has 1 aliphatic heterocycles. The molecule has 0 N–H and O–H groups in total. The lowest BCUT2D eigenvalue weighted by Gasteiger charge is -2.47. The minimum Gasteiger partial charge on any atom is -0.463 e. The van der Waals surface area contributed by atoms with Crippen LogP contribution in [0.1, 0.15) is 27.7 Å². The van der Waals surface area contributed by atoms with Gasteiger partial charge in [0.1, 0.15) is 12.7 Å². The van der Waals surface area contributed by atoms with E-state index in [9.17, 15) is 19.2 Å². The van der Waals surface area contributed by atoms with E-state index in [-0.39, 0.29) is 6.61 Å². The third-order valence-electron chi connectivity index (χ3n) is 3.00. The molecule has 25 heavy (non-hydrogen) atoms. The van der Waals surface area contributed by atoms with Crippen LogP contribution < -0.4 is 0 Å². The average molecular weight is 490 g/mol. The number of ether oxygens (including phenoxy) is 5. The number of esters is 4. The largest absolute Gasteiger partial charge is 0.463 e. The molecule has 0 aliphatic carbocycles. The molecule has 1 saturated heterocycles. The maximum atomic E-state index is 11.5. The SMILES string of the molecule is CC(=O)OC[C@H]1O[C@@H](Br)[C@](Br)(OC(C)=O)[C@@H](OC(C)=O)[C@@H]1OC(C)=O. The standard InChI is InChI=1S/C14H18Br2O9/c1-6(17)21-5-10-11(22-7(2)18)12(23-8(3)19)14(16,13(15)24-10)25-9(4)20/h10-13H,5H2,1-4H3/t10-,11-,12+,13-,14-/m1/s1. The Bertz CT molecular complexity index is 552. The molecule has 1 fully saturated rings. The van der Waals surface area contributed by atoms with Crippen LogP contribution in [0.15, 0.2) is 0 Å². The lowest BCUT2D eigenvalue weighted by molar-refractivity contribution is -0.243. The molecule has 0 unspecified atom stereocenters. The highest BCUT2D eigenvalue weighted by molar-refractivity contribution is 9.12. The van der Waals surface area contributed by atoms with E-state index in [0.29, 0.717) is 0 Å². The van der Waals surface area contributed by atoms with Gasteiger partial charge in [0.15, 0.2) is 17.2 Å². The van der Waals surface area contributed by atoms with Crippen molar-refractivity contribution in [3.05, 3.63) is 0 Å². The molecular formula is C14H18Br2O9. The minimum atomic E-state index is -1.67. The predicted octanol–water partition coefficient (Wildman–Crippen LogP) is 1.19. The third kappa shape index (κ3) is 5.93. The predicted molar refractivity (Wildman–Crippen MR) is 88.8 cm³/mol. The molecule has 11 heteroatoms. The Morgan fingerprint density at radius 3 is 1.96 bits per heavy atom. The van der Waals surface area contributed by atoms with Crippen LogP contribution in [0.25, 0.3) is 0 Å². The average Bonchev–Trinajstić information content (AvgIpc) is 2.44. The van der Waals surface area contributed by atoms with Gasteiger partial charge in [0, 0.05) is 27.7 Å². The molecule has 0 aromatic rings. The van der Waals surface area contributed by atoms with Crippen molar-refractivity contribution < 1.29 is 42.9 Å². The molecular weight excluding hydrogens is 472 g/mol. The molecule has 0 aromatic heterocycles. The fourth-order valence-corrected chi connectivity index (χ4v) is 3.51. The molecule has 1 rings (SSSR count). The summed E-state index contributed by atoms with van der Waals surface area (Å²) in [6.07, 6.45) is -3.44. The maximum absolute atomic E-state index is 11.5. The molecule has 0 aromatic carbocycles. The van der Waals surface area contributed by atoms with Gasteiger partial charge in [0.2, 0.25) is 4.51 Å². The monoisotopic (exact) mass is 488 g/mol. The Labute approximate surface area is 160 Å². The van der Waals surface area contributed by atoms with E-state index in [4.69, 9.17) is 23.7 Å². The molecule has 0 spiro atoms. The van der Waals surface area contributed by atoms with Gasteiger partial charge in [-0.05, 0) is 15.9 Å². The zero-order valence-electron chi connectivity index (χ0n) is 13.9. The summed E-state index contributed by atoms with van der Waals surface area (Å²) in [7, 11) is 0. The van der Waals surface area contributed by atoms with Gasteiger partial charge in [0.05, 0.1) is 0 Å². The molecule has 0 radical (unpaired) electrons. The number of hydrogen-bond donors (Lipinski definition) is 0. The lowest BCUT2D eigenvalue weighted by atomic mass is 9.99. The topological polar surface area (TPSA) is 114 Å². The van der Waals surface area contributed by atoms with E-state index in [0.717, 1.165) is 20.8 Å². The van der Waals surface area contributed by atoms with E-state index < -0.39 is 51.7 Å². The van der Waals surface area contributed by atoms with Crippen molar-refractivity contribution >= 4 is 55.7 Å². The van der Waals surface area contributed by atoms with Crippen molar-refractivity contribution in [3.8, 4) is 0 Å². The molecule has 9 nitrogen and oxygen atoms in total. The quantitative estimate of drug-likeness (QED) is 0.319. The summed E-state index contributed by atoms with van der Waals surface area (Å²) >= 11 is 6.40. The first-order chi connectivity index (χ1) is 11.5. The molecule has 1 aliphatic rings. The first-order valence-corrected chi connectivity index (χ1v) is 8.84. The zero-order valence-corrected chi connectivity index (χ0v) is 17.1. The summed E-state index contributed by atoms with van der Waals surface area (Å²) in [5.41, 5.74) is 0. The van der Waals surface area contributed by atoms with Crippen molar-refractivity contribution in [2.45, 2.75) is 55.5 Å². The first-order valence-electron chi connectivity index (χ1n) is 7.13. The number of alkyl halides is 2. The van der Waals surface area contributed by atoms with E-state index >= 15 is 0 Å². The van der Waals surface area contributed by atoms with Crippen LogP contribution in [0.2, 0.25) is 0 Å². The number of hydrogen-bond acceptors (Lipinski definition) is 9. The zero-order chi connectivity index (χ0) is 19.4. The second-order valence-electron chi connectivity index (χ2n) is 5.19. The highest BCUT2D eigenvalue weighted by Crippen LogP contribution is 2.44. The molecule has 0 bridgehead atoms. The van der Waals surface area contributed by atoms with Crippen molar-refractivity contribution in [1.82, 2.24) is 0 Å². The van der Waals surface area contributed by atoms with Crippen LogP contribution in [0.3, 0.4) is 0 Å². The van der Waals surface area contributed by atoms with Crippen LogP contribution >= 0.6 is 31.9 Å². The van der Waals surface area contributed by atoms with Crippen molar-refractivity contribution in [2.75, 3.05) is 6.61 Å². The number of halogens is 2. The van der Waals surface area contributed by atoms with Gasteiger partial charge >= 0.3 is 23.9 Å². The fourth-order valence-electron chi connectivity index (χ4n) is 2.19. The summed E-state index contributed by atoms with van der Waals surface area (Å²) in [5, 5.41) is -0.999. The van der Waals surface area contributed by atoms with Gasteiger partial charge < -0.3 is 23.7 Å². The van der Waals surface area contributed by atoms with E-state index in [2.05, 4.69) is 31.9 Å². The van der Waals surface area contributed by atoms with Crippen LogP contribution in [-0.4, -0.2) is 58.3 Å². The molecule has 142 valence electrons. The van der Waals surface area contributed by atoms with Gasteiger partial charge in [-0.1, -0.05) is 15.9 Å². The minimum absolute atomic E-state index is 0.268. The smallest absolute Gasteiger partial charge is 0.304 e. The Hall–Kier alpha value is -1.20. The molecule has 0 amide bonds. The third-order valence-corrected chi connectivity index (χ3v) is 5.54. The highest BCUT2D eigenvalue weighted by Gasteiger charge is 2.60. The lowest BCUT2D eigenvalue weighted by Crippen LogP contribution is -2.65. The molecule has 1 heterocycles. The molecule has 5 atom stereocenters. The van der Waals surface area contributed by atoms with Crippen molar-refractivity contribution in [1.29, 1.82) is 0 Å². The highest BCUT2D eigenvalue weighted by atomic mass is 79.9. The second-order valence-corrected chi connectivity index (χ2v) is 7.26. The summed E-state index contributed by atoms with van der Waals surface area (Å²) < 4.78 is 24.5. The Kier molecular flexibility index (Phi) is 7.82. The summed E-state index contributed by atoms with van der Waals surface area (Å²) in [6, 6.07) is 0. The van der Waals surface area contributed by atoms with Crippen LogP contribution in [0.4, 0.5) is 0 Å². The van der Waals surface area contributed by atoms with Gasteiger partial charge in [-0.2, -0.15) is 0 Å². The van der Waals surface area contributed by atoms with Gasteiger partial charge in [-0.25, -0.2) is 0 Å². The van der Waals surface area contributed by atoms with E-state index in [1.54, 1.807) is 0 Å².